The summed E-state index contributed by atoms with van der Waals surface area (Å²) in [4.78, 5) is 29.3. The molecule has 3 rings (SSSR count). The first-order chi connectivity index (χ1) is 11.5. The fourth-order valence-corrected chi connectivity index (χ4v) is 3.45. The van der Waals surface area contributed by atoms with Crippen molar-refractivity contribution in [1.29, 1.82) is 0 Å². The molecule has 0 saturated carbocycles. The molecule has 1 aliphatic rings. The van der Waals surface area contributed by atoms with Crippen LogP contribution in [0.3, 0.4) is 0 Å². The minimum absolute atomic E-state index is 0.0256. The number of fused-ring (bicyclic) bond motifs is 1. The van der Waals surface area contributed by atoms with Crippen molar-refractivity contribution in [3.05, 3.63) is 34.7 Å². The standard InChI is InChI=1S/C18H26N4O2/c1-14(2)12-20-8-10-21(11-9-20)17(23)13-22-16-7-5-4-6-15(16)19(3)18(22)24/h4-7,14H,8-13H2,1-3H3. The Hall–Kier alpha value is -2.08. The molecular formula is C18H26N4O2. The third-order valence-corrected chi connectivity index (χ3v) is 4.69. The third kappa shape index (κ3) is 3.24. The van der Waals surface area contributed by atoms with Crippen molar-refractivity contribution in [3.63, 3.8) is 0 Å². The van der Waals surface area contributed by atoms with Gasteiger partial charge in [0.1, 0.15) is 6.54 Å². The van der Waals surface area contributed by atoms with E-state index in [0.717, 1.165) is 43.8 Å². The molecule has 1 fully saturated rings. The first kappa shape index (κ1) is 16.8. The largest absolute Gasteiger partial charge is 0.339 e. The Morgan fingerprint density at radius 2 is 1.71 bits per heavy atom. The van der Waals surface area contributed by atoms with E-state index >= 15 is 0 Å². The van der Waals surface area contributed by atoms with Gasteiger partial charge in [0.25, 0.3) is 0 Å². The Labute approximate surface area is 142 Å². The Balaban J connectivity index is 1.70. The van der Waals surface area contributed by atoms with Crippen molar-refractivity contribution >= 4 is 16.9 Å². The number of aryl methyl sites for hydroxylation is 1. The van der Waals surface area contributed by atoms with Crippen LogP contribution >= 0.6 is 0 Å². The van der Waals surface area contributed by atoms with Gasteiger partial charge in [-0.1, -0.05) is 26.0 Å². The molecule has 1 aromatic carbocycles. The highest BCUT2D eigenvalue weighted by atomic mass is 16.2. The van der Waals surface area contributed by atoms with E-state index < -0.39 is 0 Å². The van der Waals surface area contributed by atoms with Gasteiger partial charge in [-0.2, -0.15) is 0 Å². The van der Waals surface area contributed by atoms with Crippen LogP contribution in [0.4, 0.5) is 0 Å². The highest BCUT2D eigenvalue weighted by Gasteiger charge is 2.23. The number of aromatic nitrogens is 2. The molecule has 2 heterocycles. The molecule has 24 heavy (non-hydrogen) atoms. The summed E-state index contributed by atoms with van der Waals surface area (Å²) in [5.41, 5.74) is 1.54. The molecule has 1 aliphatic heterocycles. The van der Waals surface area contributed by atoms with Crippen LogP contribution in [0.15, 0.2) is 29.1 Å². The van der Waals surface area contributed by atoms with E-state index in [1.165, 1.54) is 0 Å². The Kier molecular flexibility index (Phi) is 4.76. The highest BCUT2D eigenvalue weighted by molar-refractivity contribution is 5.81. The number of carbonyl (C=O) groups excluding carboxylic acids is 1. The van der Waals surface area contributed by atoms with Crippen molar-refractivity contribution in [3.8, 4) is 0 Å². The maximum atomic E-state index is 12.6. The molecule has 0 aliphatic carbocycles. The van der Waals surface area contributed by atoms with Crippen LogP contribution in [0.5, 0.6) is 0 Å². The number of rotatable bonds is 4. The van der Waals surface area contributed by atoms with Gasteiger partial charge in [-0.25, -0.2) is 4.79 Å². The molecule has 0 atom stereocenters. The van der Waals surface area contributed by atoms with Gasteiger partial charge in [0.05, 0.1) is 11.0 Å². The molecule has 6 nitrogen and oxygen atoms in total. The lowest BCUT2D eigenvalue weighted by atomic mass is 10.2. The zero-order valence-corrected chi connectivity index (χ0v) is 14.7. The van der Waals surface area contributed by atoms with Gasteiger partial charge in [-0.15, -0.1) is 0 Å². The summed E-state index contributed by atoms with van der Waals surface area (Å²) in [5, 5.41) is 0. The zero-order valence-electron chi connectivity index (χ0n) is 14.7. The summed E-state index contributed by atoms with van der Waals surface area (Å²) in [6.07, 6.45) is 0. The molecule has 0 radical (unpaired) electrons. The Bertz CT molecular complexity index is 782. The molecule has 1 amide bonds. The van der Waals surface area contributed by atoms with E-state index in [9.17, 15) is 9.59 Å². The lowest BCUT2D eigenvalue weighted by Gasteiger charge is -2.35. The first-order valence-corrected chi connectivity index (χ1v) is 8.61. The second-order valence-electron chi connectivity index (χ2n) is 6.99. The lowest BCUT2D eigenvalue weighted by molar-refractivity contribution is -0.133. The van der Waals surface area contributed by atoms with Crippen molar-refractivity contribution < 1.29 is 4.79 Å². The molecular weight excluding hydrogens is 304 g/mol. The number of para-hydroxylation sites is 2. The van der Waals surface area contributed by atoms with Crippen molar-refractivity contribution in [2.24, 2.45) is 13.0 Å². The smallest absolute Gasteiger partial charge is 0.329 e. The number of imidazole rings is 1. The van der Waals surface area contributed by atoms with E-state index in [1.807, 2.05) is 29.2 Å². The molecule has 1 saturated heterocycles. The summed E-state index contributed by atoms with van der Waals surface area (Å²) in [6, 6.07) is 7.60. The van der Waals surface area contributed by atoms with Gasteiger partial charge in [0.15, 0.2) is 0 Å². The van der Waals surface area contributed by atoms with Gasteiger partial charge in [-0.05, 0) is 18.1 Å². The van der Waals surface area contributed by atoms with Crippen LogP contribution in [0.25, 0.3) is 11.0 Å². The van der Waals surface area contributed by atoms with E-state index in [-0.39, 0.29) is 18.1 Å². The molecule has 2 aromatic rings. The highest BCUT2D eigenvalue weighted by Crippen LogP contribution is 2.12. The number of carbonyl (C=O) groups is 1. The summed E-state index contributed by atoms with van der Waals surface area (Å²) >= 11 is 0. The summed E-state index contributed by atoms with van der Waals surface area (Å²) in [6.45, 7) is 8.92. The zero-order chi connectivity index (χ0) is 17.3. The normalized spacial score (nSPS) is 16.2. The van der Waals surface area contributed by atoms with Gasteiger partial charge in [-0.3, -0.25) is 18.8 Å². The summed E-state index contributed by atoms with van der Waals surface area (Å²) < 4.78 is 3.18. The number of amides is 1. The quantitative estimate of drug-likeness (QED) is 0.845. The molecule has 0 unspecified atom stereocenters. The minimum Gasteiger partial charge on any atom is -0.339 e. The third-order valence-electron chi connectivity index (χ3n) is 4.69. The lowest BCUT2D eigenvalue weighted by Crippen LogP contribution is -2.50. The van der Waals surface area contributed by atoms with Crippen LogP contribution < -0.4 is 5.69 Å². The second-order valence-corrected chi connectivity index (χ2v) is 6.99. The fraction of sp³-hybridized carbons (Fsp3) is 0.556. The van der Waals surface area contributed by atoms with Crippen molar-refractivity contribution in [1.82, 2.24) is 18.9 Å². The van der Waals surface area contributed by atoms with Crippen LogP contribution in [-0.4, -0.2) is 57.6 Å². The van der Waals surface area contributed by atoms with Crippen LogP contribution in [0.1, 0.15) is 13.8 Å². The van der Waals surface area contributed by atoms with Gasteiger partial charge < -0.3 is 4.90 Å². The monoisotopic (exact) mass is 330 g/mol. The Morgan fingerprint density at radius 1 is 1.08 bits per heavy atom. The van der Waals surface area contributed by atoms with E-state index in [0.29, 0.717) is 5.92 Å². The predicted octanol–water partition coefficient (Wildman–Crippen LogP) is 1.14. The average molecular weight is 330 g/mol. The number of piperazine rings is 1. The second kappa shape index (κ2) is 6.81. The van der Waals surface area contributed by atoms with E-state index in [2.05, 4.69) is 18.7 Å². The SMILES string of the molecule is CC(C)CN1CCN(C(=O)Cn2c(=O)n(C)c3ccccc32)CC1. The number of benzene rings is 1. The van der Waals surface area contributed by atoms with Crippen molar-refractivity contribution in [2.75, 3.05) is 32.7 Å². The molecule has 1 aromatic heterocycles. The van der Waals surface area contributed by atoms with Gasteiger partial charge in [0, 0.05) is 39.8 Å². The van der Waals surface area contributed by atoms with Gasteiger partial charge >= 0.3 is 5.69 Å². The predicted molar refractivity (Wildman–Crippen MR) is 95.0 cm³/mol. The van der Waals surface area contributed by atoms with Gasteiger partial charge in [0.2, 0.25) is 5.91 Å². The first-order valence-electron chi connectivity index (χ1n) is 8.61. The maximum absolute atomic E-state index is 12.6. The number of hydrogen-bond acceptors (Lipinski definition) is 3. The van der Waals surface area contributed by atoms with Crippen LogP contribution in [0.2, 0.25) is 0 Å². The molecule has 0 bridgehead atoms. The molecule has 0 N–H and O–H groups in total. The fourth-order valence-electron chi connectivity index (χ4n) is 3.45. The van der Waals surface area contributed by atoms with E-state index in [4.69, 9.17) is 0 Å². The summed E-state index contributed by atoms with van der Waals surface area (Å²) in [7, 11) is 1.75. The van der Waals surface area contributed by atoms with Crippen LogP contribution in [-0.2, 0) is 18.4 Å². The minimum atomic E-state index is -0.136. The molecule has 6 heteroatoms. The maximum Gasteiger partial charge on any atom is 0.329 e. The topological polar surface area (TPSA) is 50.5 Å². The molecule has 130 valence electrons. The Morgan fingerprint density at radius 3 is 2.33 bits per heavy atom. The summed E-state index contributed by atoms with van der Waals surface area (Å²) in [5.74, 6) is 0.666. The average Bonchev–Trinajstić information content (AvgIpc) is 2.80. The number of hydrogen-bond donors (Lipinski definition) is 0. The number of nitrogens with zero attached hydrogens (tertiary/aromatic N) is 4. The van der Waals surface area contributed by atoms with Crippen molar-refractivity contribution in [2.45, 2.75) is 20.4 Å². The van der Waals surface area contributed by atoms with Crippen LogP contribution in [0, 0.1) is 5.92 Å². The van der Waals surface area contributed by atoms with E-state index in [1.54, 1.807) is 16.2 Å². The molecule has 0 spiro atoms.